The molecule has 9 heteroatoms. The maximum atomic E-state index is 10.5. The molecule has 0 radical (unpaired) electrons. The molecule has 0 spiro atoms. The number of hydrogen-bond acceptors (Lipinski definition) is 6. The van der Waals surface area contributed by atoms with Gasteiger partial charge in [-0.15, -0.1) is 0 Å². The zero-order chi connectivity index (χ0) is 8.22. The summed E-state index contributed by atoms with van der Waals surface area (Å²) < 4.78 is 21.6. The predicted octanol–water partition coefficient (Wildman–Crippen LogP) is -1.26. The number of nitro groups is 1. The van der Waals surface area contributed by atoms with Crippen LogP contribution in [-0.2, 0) is 10.0 Å². The molecule has 0 N–H and O–H groups in total. The van der Waals surface area contributed by atoms with E-state index in [1.54, 1.807) is 0 Å². The fourth-order valence-corrected chi connectivity index (χ4v) is 1.57. The molecule has 1 aliphatic heterocycles. The zero-order valence-electron chi connectivity index (χ0n) is 4.83. The van der Waals surface area contributed by atoms with E-state index >= 15 is 0 Å². The molecule has 0 saturated carbocycles. The Hall–Kier alpha value is -1.51. The third kappa shape index (κ3) is 0.596. The Morgan fingerprint density at radius 2 is 2.18 bits per heavy atom. The topological polar surface area (TPSA) is 108 Å². The highest BCUT2D eigenvalue weighted by Crippen LogP contribution is 2.27. The van der Waals surface area contributed by atoms with Gasteiger partial charge in [0.15, 0.2) is 0 Å². The number of nitrogens with zero attached hydrogens (tertiary/aromatic N) is 4. The highest BCUT2D eigenvalue weighted by molar-refractivity contribution is 7.94. The molecule has 0 aliphatic carbocycles. The lowest BCUT2D eigenvalue weighted by atomic mass is 11.1. The summed E-state index contributed by atoms with van der Waals surface area (Å²) in [6, 6.07) is 0. The van der Waals surface area contributed by atoms with Crippen molar-refractivity contribution in [3.8, 4) is 0 Å². The van der Waals surface area contributed by atoms with Gasteiger partial charge in [0.1, 0.15) is 0 Å². The first-order chi connectivity index (χ1) is 5.03. The Labute approximate surface area is 59.7 Å². The van der Waals surface area contributed by atoms with E-state index in [1.807, 2.05) is 0 Å². The Morgan fingerprint density at radius 3 is 2.55 bits per heavy atom. The van der Waals surface area contributed by atoms with E-state index in [-0.39, 0.29) is 5.16 Å². The van der Waals surface area contributed by atoms with Crippen molar-refractivity contribution in [3.05, 3.63) is 10.1 Å². The fourth-order valence-electron chi connectivity index (χ4n) is 0.617. The molecule has 1 aromatic heterocycles. The monoisotopic (exact) mass is 176 g/mol. The molecule has 8 nitrogen and oxygen atoms in total. The third-order valence-electron chi connectivity index (χ3n) is 1.13. The van der Waals surface area contributed by atoms with Gasteiger partial charge in [-0.2, -0.15) is 8.42 Å². The van der Waals surface area contributed by atoms with Gasteiger partial charge < -0.3 is 10.1 Å². The second-order valence-electron chi connectivity index (χ2n) is 1.80. The first-order valence-corrected chi connectivity index (χ1v) is 3.84. The molecule has 2 rings (SSSR count). The van der Waals surface area contributed by atoms with Crippen LogP contribution in [0.4, 0.5) is 5.95 Å². The standard InChI is InChI=1S/C2N4O4S/c7-6(8)1-3-2-5(4-1)11(2,9)10. The van der Waals surface area contributed by atoms with Crippen LogP contribution in [0.5, 0.6) is 0 Å². The van der Waals surface area contributed by atoms with E-state index in [9.17, 15) is 18.5 Å². The van der Waals surface area contributed by atoms with E-state index < -0.39 is 20.9 Å². The number of aromatic nitrogens is 3. The summed E-state index contributed by atoms with van der Waals surface area (Å²) in [6.45, 7) is 0. The molecule has 1 aromatic rings. The second kappa shape index (κ2) is 1.39. The van der Waals surface area contributed by atoms with Gasteiger partial charge in [0.05, 0.1) is 0 Å². The van der Waals surface area contributed by atoms with Crippen LogP contribution in [0.1, 0.15) is 0 Å². The van der Waals surface area contributed by atoms with Crippen molar-refractivity contribution in [1.29, 1.82) is 0 Å². The summed E-state index contributed by atoms with van der Waals surface area (Å²) in [7, 11) is -3.47. The average molecular weight is 176 g/mol. The highest BCUT2D eigenvalue weighted by atomic mass is 32.2. The van der Waals surface area contributed by atoms with Gasteiger partial charge in [0, 0.05) is 5.10 Å². The smallest absolute Gasteiger partial charge is 0.390 e. The van der Waals surface area contributed by atoms with E-state index in [0.717, 1.165) is 0 Å². The van der Waals surface area contributed by atoms with Crippen molar-refractivity contribution in [3.63, 3.8) is 0 Å². The normalized spacial score (nSPS) is 17.5. The summed E-state index contributed by atoms with van der Waals surface area (Å²) >= 11 is 0. The van der Waals surface area contributed by atoms with Gasteiger partial charge in [0.25, 0.3) is 0 Å². The molecule has 0 saturated heterocycles. The zero-order valence-corrected chi connectivity index (χ0v) is 5.65. The molecule has 0 bridgehead atoms. The van der Waals surface area contributed by atoms with Crippen molar-refractivity contribution in [2.75, 3.05) is 0 Å². The summed E-state index contributed by atoms with van der Waals surface area (Å²) in [5, 5.41) is 12.7. The van der Waals surface area contributed by atoms with Crippen molar-refractivity contribution < 1.29 is 13.3 Å². The SMILES string of the molecule is O=[N+]([O-])c1nc2n(n1)S2(=O)=O. The lowest BCUT2D eigenvalue weighted by molar-refractivity contribution is -0.394. The molecule has 2 heterocycles. The number of hydrogen-bond donors (Lipinski definition) is 0. The van der Waals surface area contributed by atoms with Crippen molar-refractivity contribution >= 4 is 16.0 Å². The highest BCUT2D eigenvalue weighted by Gasteiger charge is 2.52. The van der Waals surface area contributed by atoms with Gasteiger partial charge in [-0.25, -0.2) is 0 Å². The molecular weight excluding hydrogens is 176 g/mol. The number of rotatable bonds is 1. The van der Waals surface area contributed by atoms with E-state index in [4.69, 9.17) is 0 Å². The average Bonchev–Trinajstić information content (AvgIpc) is 2.28. The van der Waals surface area contributed by atoms with Gasteiger partial charge in [-0.05, 0) is 14.0 Å². The quantitative estimate of drug-likeness (QED) is 0.304. The van der Waals surface area contributed by atoms with Crippen LogP contribution >= 0.6 is 0 Å². The first kappa shape index (κ1) is 6.22. The molecule has 58 valence electrons. The summed E-state index contributed by atoms with van der Waals surface area (Å²) in [4.78, 5) is 12.2. The molecule has 11 heavy (non-hydrogen) atoms. The van der Waals surface area contributed by atoms with E-state index in [1.165, 1.54) is 0 Å². The largest absolute Gasteiger partial charge is 0.493 e. The van der Waals surface area contributed by atoms with Crippen LogP contribution < -0.4 is 0 Å². The maximum Gasteiger partial charge on any atom is 0.493 e. The molecule has 0 amide bonds. The van der Waals surface area contributed by atoms with Gasteiger partial charge >= 0.3 is 21.1 Å². The van der Waals surface area contributed by atoms with Crippen molar-refractivity contribution in [1.82, 2.24) is 14.2 Å². The lowest BCUT2D eigenvalue weighted by Crippen LogP contribution is -1.96. The Morgan fingerprint density at radius 1 is 1.55 bits per heavy atom. The van der Waals surface area contributed by atoms with E-state index in [2.05, 4.69) is 10.1 Å². The fraction of sp³-hybridized carbons (Fsp3) is 0. The van der Waals surface area contributed by atoms with Crippen LogP contribution in [0.3, 0.4) is 0 Å². The minimum Gasteiger partial charge on any atom is -0.390 e. The predicted molar refractivity (Wildman–Crippen MR) is 29.3 cm³/mol. The molecular formula is C2N4O4S. The summed E-state index contributed by atoms with van der Waals surface area (Å²) in [5.41, 5.74) is 0. The minimum absolute atomic E-state index is 0.343. The number of fused-ring (bicyclic) bond motifs is 1. The van der Waals surface area contributed by atoms with Crippen LogP contribution in [0.2, 0.25) is 0 Å². The van der Waals surface area contributed by atoms with E-state index in [0.29, 0.717) is 4.09 Å². The molecule has 0 unspecified atom stereocenters. The second-order valence-corrected chi connectivity index (χ2v) is 3.46. The van der Waals surface area contributed by atoms with Crippen LogP contribution in [-0.4, -0.2) is 27.5 Å². The van der Waals surface area contributed by atoms with Crippen LogP contribution in [0.25, 0.3) is 0 Å². The Kier molecular flexibility index (Phi) is 0.787. The molecule has 0 aromatic carbocycles. The molecule has 1 aliphatic rings. The Bertz CT molecular complexity index is 415. The van der Waals surface area contributed by atoms with Crippen molar-refractivity contribution in [2.45, 2.75) is 5.16 Å². The molecule has 0 fully saturated rings. The third-order valence-corrected chi connectivity index (χ3v) is 2.39. The van der Waals surface area contributed by atoms with Gasteiger partial charge in [0.2, 0.25) is 0 Å². The van der Waals surface area contributed by atoms with Crippen LogP contribution in [0, 0.1) is 10.1 Å². The molecule has 0 atom stereocenters. The summed E-state index contributed by atoms with van der Waals surface area (Å²) in [6.07, 6.45) is 0. The first-order valence-electron chi connectivity index (χ1n) is 2.40. The maximum absolute atomic E-state index is 10.5. The Balaban J connectivity index is 2.55. The minimum atomic E-state index is -3.47. The van der Waals surface area contributed by atoms with Crippen molar-refractivity contribution in [2.24, 2.45) is 0 Å². The van der Waals surface area contributed by atoms with Gasteiger partial charge in [-0.3, -0.25) is 0 Å². The van der Waals surface area contributed by atoms with Gasteiger partial charge in [-0.1, -0.05) is 0 Å². The lowest BCUT2D eigenvalue weighted by Gasteiger charge is -1.82. The van der Waals surface area contributed by atoms with Crippen LogP contribution in [0.15, 0.2) is 5.16 Å². The summed E-state index contributed by atoms with van der Waals surface area (Å²) in [5.74, 6) is -0.685.